The molecular formula is C25H23N3O4. The number of fused-ring (bicyclic) bond motifs is 2. The van der Waals surface area contributed by atoms with E-state index in [0.29, 0.717) is 43.4 Å². The van der Waals surface area contributed by atoms with Gasteiger partial charge in [-0.3, -0.25) is 4.79 Å². The second-order valence-corrected chi connectivity index (χ2v) is 7.63. The normalized spacial score (nSPS) is 12.5. The predicted octanol–water partition coefficient (Wildman–Crippen LogP) is 3.92. The minimum Gasteiger partial charge on any atom is -0.487 e. The molecule has 4 aromatic rings. The van der Waals surface area contributed by atoms with Crippen LogP contribution in [0.25, 0.3) is 5.65 Å². The second kappa shape index (κ2) is 8.63. The lowest BCUT2D eigenvalue weighted by Gasteiger charge is -2.19. The van der Waals surface area contributed by atoms with Crippen LogP contribution in [0, 0.1) is 6.92 Å². The Morgan fingerprint density at radius 3 is 2.72 bits per heavy atom. The van der Waals surface area contributed by atoms with Crippen LogP contribution in [-0.2, 0) is 13.2 Å². The number of nitrogens with zero attached hydrogens (tertiary/aromatic N) is 2. The molecule has 7 nitrogen and oxygen atoms in total. The summed E-state index contributed by atoms with van der Waals surface area (Å²) in [7, 11) is 0. The van der Waals surface area contributed by atoms with Crippen molar-refractivity contribution in [1.82, 2.24) is 14.7 Å². The van der Waals surface area contributed by atoms with Crippen LogP contribution < -0.4 is 19.5 Å². The van der Waals surface area contributed by atoms with E-state index < -0.39 is 0 Å². The van der Waals surface area contributed by atoms with Gasteiger partial charge in [0.1, 0.15) is 31.2 Å². The lowest BCUT2D eigenvalue weighted by atomic mass is 10.1. The van der Waals surface area contributed by atoms with Gasteiger partial charge in [0.25, 0.3) is 5.91 Å². The predicted molar refractivity (Wildman–Crippen MR) is 119 cm³/mol. The maximum absolute atomic E-state index is 12.5. The molecule has 2 aromatic carbocycles. The van der Waals surface area contributed by atoms with Crippen LogP contribution in [0.3, 0.4) is 0 Å². The van der Waals surface area contributed by atoms with Crippen LogP contribution >= 0.6 is 0 Å². The van der Waals surface area contributed by atoms with E-state index in [1.807, 2.05) is 54.0 Å². The van der Waals surface area contributed by atoms with Gasteiger partial charge in [0, 0.05) is 24.5 Å². The van der Waals surface area contributed by atoms with Gasteiger partial charge in [0.05, 0.1) is 5.69 Å². The molecule has 1 aliphatic rings. The van der Waals surface area contributed by atoms with Gasteiger partial charge in [0.15, 0.2) is 11.5 Å². The first kappa shape index (κ1) is 19.9. The maximum Gasteiger partial charge on any atom is 0.251 e. The van der Waals surface area contributed by atoms with Crippen molar-refractivity contribution in [3.05, 3.63) is 89.4 Å². The molecule has 0 saturated carbocycles. The summed E-state index contributed by atoms with van der Waals surface area (Å²) < 4.78 is 18.9. The van der Waals surface area contributed by atoms with Gasteiger partial charge in [-0.05, 0) is 60.5 Å². The number of ether oxygens (including phenoxy) is 3. The average molecular weight is 429 g/mol. The summed E-state index contributed by atoms with van der Waals surface area (Å²) in [5.41, 5.74) is 4.41. The van der Waals surface area contributed by atoms with E-state index in [-0.39, 0.29) is 5.91 Å². The number of aryl methyl sites for hydroxylation is 1. The maximum atomic E-state index is 12.5. The van der Waals surface area contributed by atoms with Gasteiger partial charge in [-0.1, -0.05) is 12.1 Å². The number of imidazole rings is 1. The Morgan fingerprint density at radius 2 is 1.91 bits per heavy atom. The summed E-state index contributed by atoms with van der Waals surface area (Å²) in [5, 5.41) is 2.93. The number of aromatic nitrogens is 2. The SMILES string of the molecule is Cc1cccn2cc(COc3ccc(C(=O)NCc4ccc5c(c4)OCCO5)cc3)nc12. The Labute approximate surface area is 185 Å². The summed E-state index contributed by atoms with van der Waals surface area (Å²) >= 11 is 0. The minimum absolute atomic E-state index is 0.151. The summed E-state index contributed by atoms with van der Waals surface area (Å²) in [6.45, 7) is 3.89. The molecule has 2 aromatic heterocycles. The van der Waals surface area contributed by atoms with Crippen molar-refractivity contribution in [2.45, 2.75) is 20.1 Å². The van der Waals surface area contributed by atoms with E-state index in [0.717, 1.165) is 28.2 Å². The Balaban J connectivity index is 1.17. The molecule has 1 amide bonds. The Kier molecular flexibility index (Phi) is 5.37. The highest BCUT2D eigenvalue weighted by molar-refractivity contribution is 5.94. The number of rotatable bonds is 6. The molecule has 0 aliphatic carbocycles. The first-order valence-electron chi connectivity index (χ1n) is 10.5. The Morgan fingerprint density at radius 1 is 1.09 bits per heavy atom. The molecule has 0 bridgehead atoms. The number of pyridine rings is 1. The number of benzene rings is 2. The number of carbonyl (C=O) groups is 1. The smallest absolute Gasteiger partial charge is 0.251 e. The quantitative estimate of drug-likeness (QED) is 0.503. The van der Waals surface area contributed by atoms with Crippen LogP contribution in [0.15, 0.2) is 67.0 Å². The van der Waals surface area contributed by atoms with E-state index in [4.69, 9.17) is 14.2 Å². The van der Waals surface area contributed by atoms with Gasteiger partial charge < -0.3 is 23.9 Å². The third-order valence-electron chi connectivity index (χ3n) is 5.29. The highest BCUT2D eigenvalue weighted by Crippen LogP contribution is 2.30. The average Bonchev–Trinajstić information content (AvgIpc) is 3.26. The summed E-state index contributed by atoms with van der Waals surface area (Å²) in [6.07, 6.45) is 3.93. The molecule has 0 atom stereocenters. The standard InChI is InChI=1S/C25H23N3O4/c1-17-3-2-10-28-15-20(27-24(17)28)16-32-21-7-5-19(6-8-21)25(29)26-14-18-4-9-22-23(13-18)31-12-11-30-22/h2-10,13,15H,11-12,14,16H2,1H3,(H,26,29). The van der Waals surface area contributed by atoms with E-state index in [9.17, 15) is 4.79 Å². The second-order valence-electron chi connectivity index (χ2n) is 7.63. The fourth-order valence-corrected chi connectivity index (χ4v) is 3.62. The minimum atomic E-state index is -0.151. The van der Waals surface area contributed by atoms with Crippen molar-refractivity contribution in [1.29, 1.82) is 0 Å². The zero-order valence-electron chi connectivity index (χ0n) is 17.7. The number of hydrogen-bond donors (Lipinski definition) is 1. The van der Waals surface area contributed by atoms with Gasteiger partial charge in [-0.2, -0.15) is 0 Å². The van der Waals surface area contributed by atoms with Crippen molar-refractivity contribution in [3.8, 4) is 17.2 Å². The van der Waals surface area contributed by atoms with Crippen molar-refractivity contribution >= 4 is 11.6 Å². The fraction of sp³-hybridized carbons (Fsp3) is 0.200. The van der Waals surface area contributed by atoms with E-state index in [2.05, 4.69) is 10.3 Å². The number of amides is 1. The molecule has 162 valence electrons. The topological polar surface area (TPSA) is 74.1 Å². The largest absolute Gasteiger partial charge is 0.487 e. The zero-order chi connectivity index (χ0) is 21.9. The lowest BCUT2D eigenvalue weighted by molar-refractivity contribution is 0.0950. The number of nitrogens with one attached hydrogen (secondary N) is 1. The van der Waals surface area contributed by atoms with E-state index in [1.165, 1.54) is 0 Å². The van der Waals surface area contributed by atoms with Crippen molar-refractivity contribution < 1.29 is 19.0 Å². The molecule has 1 aliphatic heterocycles. The van der Waals surface area contributed by atoms with Gasteiger partial charge >= 0.3 is 0 Å². The van der Waals surface area contributed by atoms with E-state index >= 15 is 0 Å². The molecule has 3 heterocycles. The van der Waals surface area contributed by atoms with Gasteiger partial charge in [0.2, 0.25) is 0 Å². The molecule has 0 fully saturated rings. The summed E-state index contributed by atoms with van der Waals surface area (Å²) in [6, 6.07) is 16.8. The highest BCUT2D eigenvalue weighted by atomic mass is 16.6. The molecule has 7 heteroatoms. The monoisotopic (exact) mass is 429 g/mol. The van der Waals surface area contributed by atoms with Crippen LogP contribution in [-0.4, -0.2) is 28.5 Å². The molecule has 1 N–H and O–H groups in total. The molecule has 5 rings (SSSR count). The molecule has 32 heavy (non-hydrogen) atoms. The Bertz CT molecular complexity index is 1260. The third-order valence-corrected chi connectivity index (χ3v) is 5.29. The van der Waals surface area contributed by atoms with Crippen LogP contribution in [0.2, 0.25) is 0 Å². The summed E-state index contributed by atoms with van der Waals surface area (Å²) in [5.74, 6) is 1.98. The first-order chi connectivity index (χ1) is 15.7. The van der Waals surface area contributed by atoms with Crippen LogP contribution in [0.4, 0.5) is 0 Å². The zero-order valence-corrected chi connectivity index (χ0v) is 17.7. The summed E-state index contributed by atoms with van der Waals surface area (Å²) in [4.78, 5) is 17.1. The first-order valence-corrected chi connectivity index (χ1v) is 10.5. The molecule has 0 spiro atoms. The van der Waals surface area contributed by atoms with Gasteiger partial charge in [-0.15, -0.1) is 0 Å². The fourth-order valence-electron chi connectivity index (χ4n) is 3.62. The molecule has 0 saturated heterocycles. The number of carbonyl (C=O) groups excluding carboxylic acids is 1. The van der Waals surface area contributed by atoms with Crippen molar-refractivity contribution in [3.63, 3.8) is 0 Å². The van der Waals surface area contributed by atoms with Crippen LogP contribution in [0.5, 0.6) is 17.2 Å². The van der Waals surface area contributed by atoms with Crippen molar-refractivity contribution in [2.75, 3.05) is 13.2 Å². The highest BCUT2D eigenvalue weighted by Gasteiger charge is 2.12. The third kappa shape index (κ3) is 4.23. The lowest BCUT2D eigenvalue weighted by Crippen LogP contribution is -2.23. The Hall–Kier alpha value is -4.00. The van der Waals surface area contributed by atoms with Crippen molar-refractivity contribution in [2.24, 2.45) is 0 Å². The molecule has 0 unspecified atom stereocenters. The van der Waals surface area contributed by atoms with E-state index in [1.54, 1.807) is 24.3 Å². The molecule has 0 radical (unpaired) electrons. The number of hydrogen-bond acceptors (Lipinski definition) is 5. The molecular weight excluding hydrogens is 406 g/mol. The van der Waals surface area contributed by atoms with Gasteiger partial charge in [-0.25, -0.2) is 4.98 Å². The van der Waals surface area contributed by atoms with Crippen LogP contribution in [0.1, 0.15) is 27.2 Å².